The molecule has 4 amide bonds. The number of imide groups is 1. The van der Waals surface area contributed by atoms with E-state index in [1.165, 1.54) is 30.0 Å². The zero-order valence-electron chi connectivity index (χ0n) is 17.0. The maximum atomic E-state index is 12.7. The zero-order chi connectivity index (χ0) is 22.8. The number of esters is 1. The molecule has 166 valence electrons. The summed E-state index contributed by atoms with van der Waals surface area (Å²) in [6.07, 6.45) is 4.26. The molecule has 2 N–H and O–H groups in total. The predicted molar refractivity (Wildman–Crippen MR) is 109 cm³/mol. The molecular weight excluding hydrogens is 428 g/mol. The fourth-order valence-electron chi connectivity index (χ4n) is 3.65. The van der Waals surface area contributed by atoms with E-state index in [2.05, 4.69) is 17.7 Å². The van der Waals surface area contributed by atoms with Crippen LogP contribution in [0.1, 0.15) is 43.0 Å². The average molecular weight is 450 g/mol. The number of carbonyl (C=O) groups is 4. The lowest BCUT2D eigenvalue weighted by Gasteiger charge is -2.33. The van der Waals surface area contributed by atoms with Crippen molar-refractivity contribution < 1.29 is 28.8 Å². The lowest BCUT2D eigenvalue weighted by molar-refractivity contribution is -0.385. The molecule has 0 aromatic heterocycles. The van der Waals surface area contributed by atoms with Crippen molar-refractivity contribution >= 4 is 41.3 Å². The summed E-state index contributed by atoms with van der Waals surface area (Å²) >= 11 is 1.28. The third kappa shape index (κ3) is 4.63. The van der Waals surface area contributed by atoms with Gasteiger partial charge in [0.05, 0.1) is 4.92 Å². The van der Waals surface area contributed by atoms with E-state index in [0.717, 1.165) is 12.8 Å². The van der Waals surface area contributed by atoms with E-state index in [1.807, 2.05) is 0 Å². The lowest BCUT2D eigenvalue weighted by Crippen LogP contribution is -2.52. The van der Waals surface area contributed by atoms with Gasteiger partial charge >= 0.3 is 12.0 Å². The first-order chi connectivity index (χ1) is 14.7. The number of rotatable bonds is 6. The minimum atomic E-state index is -1.06. The van der Waals surface area contributed by atoms with E-state index in [-0.39, 0.29) is 5.56 Å². The van der Waals surface area contributed by atoms with Gasteiger partial charge in [0, 0.05) is 11.0 Å². The van der Waals surface area contributed by atoms with Gasteiger partial charge in [-0.1, -0.05) is 6.92 Å². The third-order valence-corrected chi connectivity index (χ3v) is 6.21. The summed E-state index contributed by atoms with van der Waals surface area (Å²) < 4.78 is 4.88. The number of hydrazine groups is 1. The normalized spacial score (nSPS) is 22.9. The van der Waals surface area contributed by atoms with Crippen LogP contribution in [0.25, 0.3) is 0 Å². The first-order valence-electron chi connectivity index (χ1n) is 9.62. The fraction of sp³-hybridized carbons (Fsp3) is 0.474. The van der Waals surface area contributed by atoms with Crippen LogP contribution >= 0.6 is 11.8 Å². The van der Waals surface area contributed by atoms with E-state index in [0.29, 0.717) is 28.7 Å². The molecule has 1 saturated carbocycles. The molecule has 1 aliphatic heterocycles. The van der Waals surface area contributed by atoms with Crippen LogP contribution in [0, 0.1) is 16.0 Å². The molecule has 0 atom stereocenters. The van der Waals surface area contributed by atoms with Crippen molar-refractivity contribution in [1.82, 2.24) is 15.8 Å². The third-order valence-electron chi connectivity index (χ3n) is 5.48. The highest BCUT2D eigenvalue weighted by Gasteiger charge is 2.52. The number of carbonyl (C=O) groups excluding carboxylic acids is 4. The Kier molecular flexibility index (Phi) is 6.48. The van der Waals surface area contributed by atoms with Crippen LogP contribution in [0.15, 0.2) is 23.1 Å². The molecule has 1 saturated heterocycles. The number of nitrogens with one attached hydrogen (secondary N) is 2. The lowest BCUT2D eigenvalue weighted by atomic mass is 9.77. The smallest absolute Gasteiger partial charge is 0.345 e. The van der Waals surface area contributed by atoms with Crippen molar-refractivity contribution in [2.24, 2.45) is 5.92 Å². The van der Waals surface area contributed by atoms with Gasteiger partial charge in [-0.3, -0.25) is 25.1 Å². The molecule has 1 spiro atoms. The Balaban J connectivity index is 1.62. The SMILES string of the molecule is CSc1ccc([N+](=O)[O-])c(C(=O)OCC(=O)NN2C(=O)NC3(CCC(C)CC3)C2=O)c1. The van der Waals surface area contributed by atoms with Gasteiger partial charge in [-0.05, 0) is 50.0 Å². The second-order valence-electron chi connectivity index (χ2n) is 7.59. The van der Waals surface area contributed by atoms with Gasteiger partial charge in [-0.25, -0.2) is 9.59 Å². The monoisotopic (exact) mass is 450 g/mol. The van der Waals surface area contributed by atoms with Crippen molar-refractivity contribution in [2.45, 2.75) is 43.0 Å². The van der Waals surface area contributed by atoms with Crippen molar-refractivity contribution in [3.63, 3.8) is 0 Å². The number of nitro benzene ring substituents is 1. The Labute approximate surface area is 182 Å². The van der Waals surface area contributed by atoms with Crippen LogP contribution < -0.4 is 10.7 Å². The molecule has 1 aliphatic carbocycles. The van der Waals surface area contributed by atoms with Crippen molar-refractivity contribution in [3.8, 4) is 0 Å². The number of nitrogens with zero attached hydrogens (tertiary/aromatic N) is 2. The largest absolute Gasteiger partial charge is 0.452 e. The van der Waals surface area contributed by atoms with Gasteiger partial charge in [0.1, 0.15) is 11.1 Å². The van der Waals surface area contributed by atoms with Crippen LogP contribution in [-0.2, 0) is 14.3 Å². The molecule has 2 fully saturated rings. The quantitative estimate of drug-likeness (QED) is 0.220. The summed E-state index contributed by atoms with van der Waals surface area (Å²) in [5.41, 5.74) is 0.375. The molecule has 12 heteroatoms. The van der Waals surface area contributed by atoms with Crippen LogP contribution in [0.5, 0.6) is 0 Å². The Bertz CT molecular complexity index is 943. The van der Waals surface area contributed by atoms with Gasteiger partial charge in [-0.15, -0.1) is 11.8 Å². The standard InChI is InChI=1S/C19H22N4O7S/c1-11-5-7-19(8-6-11)17(26)22(18(27)20-19)21-15(24)10-30-16(25)13-9-12(31-2)3-4-14(13)23(28)29/h3-4,9,11H,5-8,10H2,1-2H3,(H,20,27)(H,21,24). The molecule has 3 rings (SSSR count). The number of amides is 4. The summed E-state index contributed by atoms with van der Waals surface area (Å²) in [6.45, 7) is 1.25. The summed E-state index contributed by atoms with van der Waals surface area (Å²) in [6, 6.07) is 3.22. The minimum absolute atomic E-state index is 0.296. The van der Waals surface area contributed by atoms with Gasteiger partial charge in [0.2, 0.25) is 0 Å². The van der Waals surface area contributed by atoms with Gasteiger partial charge in [0.25, 0.3) is 17.5 Å². The van der Waals surface area contributed by atoms with E-state index in [9.17, 15) is 29.3 Å². The Morgan fingerprint density at radius 3 is 2.65 bits per heavy atom. The van der Waals surface area contributed by atoms with Crippen molar-refractivity contribution in [1.29, 1.82) is 0 Å². The first-order valence-corrected chi connectivity index (χ1v) is 10.8. The number of ether oxygens (including phenoxy) is 1. The van der Waals surface area contributed by atoms with E-state index < -0.39 is 46.6 Å². The fourth-order valence-corrected chi connectivity index (χ4v) is 4.09. The highest BCUT2D eigenvalue weighted by Crippen LogP contribution is 2.35. The van der Waals surface area contributed by atoms with Crippen molar-refractivity contribution in [2.75, 3.05) is 12.9 Å². The number of hydrogen-bond acceptors (Lipinski definition) is 8. The topological polar surface area (TPSA) is 148 Å². The van der Waals surface area contributed by atoms with Gasteiger partial charge in [-0.2, -0.15) is 5.01 Å². The number of hydrogen-bond donors (Lipinski definition) is 2. The molecule has 0 bridgehead atoms. The number of benzene rings is 1. The second-order valence-corrected chi connectivity index (χ2v) is 8.47. The number of nitro groups is 1. The van der Waals surface area contributed by atoms with Gasteiger partial charge in [0.15, 0.2) is 6.61 Å². The van der Waals surface area contributed by atoms with Crippen LogP contribution in [-0.4, -0.2) is 52.1 Å². The molecule has 1 heterocycles. The summed E-state index contributed by atoms with van der Waals surface area (Å²) in [4.78, 5) is 60.5. The number of thioether (sulfide) groups is 1. The van der Waals surface area contributed by atoms with Crippen LogP contribution in [0.3, 0.4) is 0 Å². The summed E-state index contributed by atoms with van der Waals surface area (Å²) in [5.74, 6) is -2.08. The molecule has 31 heavy (non-hydrogen) atoms. The molecule has 0 unspecified atom stereocenters. The molecular formula is C19H22N4O7S. The maximum absolute atomic E-state index is 12.7. The van der Waals surface area contributed by atoms with Crippen LogP contribution in [0.2, 0.25) is 0 Å². The molecule has 2 aliphatic rings. The molecule has 11 nitrogen and oxygen atoms in total. The Hall–Kier alpha value is -3.15. The average Bonchev–Trinajstić information content (AvgIpc) is 2.97. The summed E-state index contributed by atoms with van der Waals surface area (Å²) in [7, 11) is 0. The predicted octanol–water partition coefficient (Wildman–Crippen LogP) is 2.01. The molecule has 1 aromatic rings. The second kappa shape index (κ2) is 8.92. The number of urea groups is 1. The Morgan fingerprint density at radius 1 is 1.35 bits per heavy atom. The van der Waals surface area contributed by atoms with E-state index >= 15 is 0 Å². The van der Waals surface area contributed by atoms with Crippen LogP contribution in [0.4, 0.5) is 10.5 Å². The summed E-state index contributed by atoms with van der Waals surface area (Å²) in [5, 5.41) is 14.4. The Morgan fingerprint density at radius 2 is 2.03 bits per heavy atom. The molecule has 1 aromatic carbocycles. The van der Waals surface area contributed by atoms with E-state index in [1.54, 1.807) is 6.26 Å². The maximum Gasteiger partial charge on any atom is 0.345 e. The minimum Gasteiger partial charge on any atom is -0.452 e. The zero-order valence-corrected chi connectivity index (χ0v) is 17.8. The van der Waals surface area contributed by atoms with E-state index in [4.69, 9.17) is 4.74 Å². The molecule has 0 radical (unpaired) electrons. The first kappa shape index (κ1) is 22.5. The highest BCUT2D eigenvalue weighted by atomic mass is 32.2. The van der Waals surface area contributed by atoms with Crippen molar-refractivity contribution in [3.05, 3.63) is 33.9 Å². The van der Waals surface area contributed by atoms with Gasteiger partial charge < -0.3 is 10.1 Å². The highest BCUT2D eigenvalue weighted by molar-refractivity contribution is 7.98.